The highest BCUT2D eigenvalue weighted by Crippen LogP contribution is 2.30. The number of benzene rings is 2. The summed E-state index contributed by atoms with van der Waals surface area (Å²) in [7, 11) is 3.08. The van der Waals surface area contributed by atoms with Crippen molar-refractivity contribution >= 4 is 29.2 Å². The molecular weight excluding hydrogens is 370 g/mol. The van der Waals surface area contributed by atoms with Crippen LogP contribution >= 0.6 is 11.6 Å². The van der Waals surface area contributed by atoms with Gasteiger partial charge in [0.15, 0.2) is 6.61 Å². The second-order valence-corrected chi connectivity index (χ2v) is 6.27. The van der Waals surface area contributed by atoms with Crippen molar-refractivity contribution in [3.8, 4) is 11.5 Å². The molecule has 0 aromatic heterocycles. The minimum Gasteiger partial charge on any atom is -0.497 e. The Morgan fingerprint density at radius 2 is 1.78 bits per heavy atom. The Morgan fingerprint density at radius 3 is 2.41 bits per heavy atom. The fraction of sp³-hybridized carbons (Fsp3) is 0.300. The van der Waals surface area contributed by atoms with Gasteiger partial charge >= 0.3 is 5.97 Å². The molecule has 144 valence electrons. The lowest BCUT2D eigenvalue weighted by Gasteiger charge is -2.12. The maximum atomic E-state index is 12.0. The fourth-order valence-electron chi connectivity index (χ4n) is 2.37. The first-order valence-corrected chi connectivity index (χ1v) is 8.73. The van der Waals surface area contributed by atoms with Crippen LogP contribution in [0.3, 0.4) is 0 Å². The lowest BCUT2D eigenvalue weighted by atomic mass is 10.1. The number of carbonyl (C=O) groups is 2. The van der Waals surface area contributed by atoms with Crippen molar-refractivity contribution in [1.29, 1.82) is 0 Å². The zero-order valence-electron chi connectivity index (χ0n) is 15.5. The molecule has 0 saturated heterocycles. The number of nitrogens with one attached hydrogen (secondary N) is 1. The molecule has 0 radical (unpaired) electrons. The van der Waals surface area contributed by atoms with Gasteiger partial charge < -0.3 is 19.5 Å². The van der Waals surface area contributed by atoms with E-state index < -0.39 is 11.9 Å². The van der Waals surface area contributed by atoms with Gasteiger partial charge in [0.2, 0.25) is 0 Å². The summed E-state index contributed by atoms with van der Waals surface area (Å²) in [6, 6.07) is 10.7. The standard InChI is InChI=1S/C20H22ClNO5/c1-13-10-17(18(26-3)11-16(13)21)22-19(23)12-27-20(24)9-6-14-4-7-15(25-2)8-5-14/h4-5,7-8,10-11H,6,9,12H2,1-3H3,(H,22,23). The van der Waals surface area contributed by atoms with Crippen LogP contribution in [0.15, 0.2) is 36.4 Å². The molecule has 0 saturated carbocycles. The first-order valence-electron chi connectivity index (χ1n) is 8.35. The molecule has 0 unspecified atom stereocenters. The van der Waals surface area contributed by atoms with Crippen LogP contribution in [-0.4, -0.2) is 32.7 Å². The topological polar surface area (TPSA) is 73.9 Å². The lowest BCUT2D eigenvalue weighted by Crippen LogP contribution is -2.21. The second kappa shape index (κ2) is 9.83. The number of amides is 1. The van der Waals surface area contributed by atoms with Gasteiger partial charge in [-0.25, -0.2) is 0 Å². The maximum absolute atomic E-state index is 12.0. The minimum absolute atomic E-state index is 0.184. The number of anilines is 1. The summed E-state index contributed by atoms with van der Waals surface area (Å²) < 4.78 is 15.3. The number of methoxy groups -OCH3 is 2. The van der Waals surface area contributed by atoms with Gasteiger partial charge in [-0.2, -0.15) is 0 Å². The predicted octanol–water partition coefficient (Wildman–Crippen LogP) is 3.78. The number of rotatable bonds is 8. The summed E-state index contributed by atoms with van der Waals surface area (Å²) in [5.74, 6) is 0.295. The second-order valence-electron chi connectivity index (χ2n) is 5.86. The lowest BCUT2D eigenvalue weighted by molar-refractivity contribution is -0.147. The highest BCUT2D eigenvalue weighted by molar-refractivity contribution is 6.31. The van der Waals surface area contributed by atoms with Crippen LogP contribution in [-0.2, 0) is 20.7 Å². The first-order chi connectivity index (χ1) is 12.9. The van der Waals surface area contributed by atoms with E-state index >= 15 is 0 Å². The molecule has 2 aromatic rings. The molecule has 7 heteroatoms. The van der Waals surface area contributed by atoms with Gasteiger partial charge in [-0.05, 0) is 42.7 Å². The van der Waals surface area contributed by atoms with Crippen molar-refractivity contribution in [3.63, 3.8) is 0 Å². The molecule has 0 bridgehead atoms. The van der Waals surface area contributed by atoms with Crippen LogP contribution in [0.5, 0.6) is 11.5 Å². The minimum atomic E-state index is -0.451. The maximum Gasteiger partial charge on any atom is 0.306 e. The Hall–Kier alpha value is -2.73. The number of carbonyl (C=O) groups excluding carboxylic acids is 2. The molecule has 1 N–H and O–H groups in total. The summed E-state index contributed by atoms with van der Waals surface area (Å²) in [5.41, 5.74) is 2.25. The zero-order chi connectivity index (χ0) is 19.8. The molecule has 6 nitrogen and oxygen atoms in total. The molecular formula is C20H22ClNO5. The summed E-state index contributed by atoms with van der Waals surface area (Å²) in [6.07, 6.45) is 0.706. The summed E-state index contributed by atoms with van der Waals surface area (Å²) in [6.45, 7) is 1.45. The average Bonchev–Trinajstić information content (AvgIpc) is 2.67. The van der Waals surface area contributed by atoms with E-state index in [-0.39, 0.29) is 13.0 Å². The smallest absolute Gasteiger partial charge is 0.306 e. The van der Waals surface area contributed by atoms with Crippen molar-refractivity contribution < 1.29 is 23.8 Å². The van der Waals surface area contributed by atoms with Gasteiger partial charge in [0.25, 0.3) is 5.91 Å². The molecule has 2 rings (SSSR count). The number of ether oxygens (including phenoxy) is 3. The highest BCUT2D eigenvalue weighted by Gasteiger charge is 2.12. The highest BCUT2D eigenvalue weighted by atomic mass is 35.5. The van der Waals surface area contributed by atoms with Gasteiger partial charge in [-0.1, -0.05) is 23.7 Å². The number of hydrogen-bond acceptors (Lipinski definition) is 5. The van der Waals surface area contributed by atoms with E-state index in [1.165, 1.54) is 7.11 Å². The number of esters is 1. The number of aryl methyl sites for hydroxylation is 2. The van der Waals surface area contributed by atoms with Crippen LogP contribution in [0.4, 0.5) is 5.69 Å². The third-order valence-corrected chi connectivity index (χ3v) is 4.30. The predicted molar refractivity (Wildman–Crippen MR) is 104 cm³/mol. The average molecular weight is 392 g/mol. The van der Waals surface area contributed by atoms with Crippen LogP contribution in [0, 0.1) is 6.92 Å². The molecule has 27 heavy (non-hydrogen) atoms. The Balaban J connectivity index is 1.81. The van der Waals surface area contributed by atoms with E-state index in [9.17, 15) is 9.59 Å². The summed E-state index contributed by atoms with van der Waals surface area (Å²) >= 11 is 6.04. The summed E-state index contributed by atoms with van der Waals surface area (Å²) in [5, 5.41) is 3.19. The third kappa shape index (κ3) is 6.18. The van der Waals surface area contributed by atoms with Crippen LogP contribution < -0.4 is 14.8 Å². The molecule has 0 aliphatic heterocycles. The fourth-order valence-corrected chi connectivity index (χ4v) is 2.53. The Bertz CT molecular complexity index is 805. The van der Waals surface area contributed by atoms with Crippen molar-refractivity contribution in [1.82, 2.24) is 0 Å². The zero-order valence-corrected chi connectivity index (χ0v) is 16.3. The van der Waals surface area contributed by atoms with E-state index in [4.69, 9.17) is 25.8 Å². The van der Waals surface area contributed by atoms with E-state index in [1.807, 2.05) is 31.2 Å². The van der Waals surface area contributed by atoms with Crippen LogP contribution in [0.25, 0.3) is 0 Å². The van der Waals surface area contributed by atoms with Crippen molar-refractivity contribution in [2.24, 2.45) is 0 Å². The summed E-state index contributed by atoms with van der Waals surface area (Å²) in [4.78, 5) is 23.9. The Morgan fingerprint density at radius 1 is 1.07 bits per heavy atom. The molecule has 0 heterocycles. The molecule has 0 atom stereocenters. The van der Waals surface area contributed by atoms with Crippen LogP contribution in [0.1, 0.15) is 17.5 Å². The van der Waals surface area contributed by atoms with Crippen molar-refractivity contribution in [2.75, 3.05) is 26.1 Å². The van der Waals surface area contributed by atoms with Gasteiger partial charge in [-0.15, -0.1) is 0 Å². The number of hydrogen-bond donors (Lipinski definition) is 1. The van der Waals surface area contributed by atoms with E-state index in [0.29, 0.717) is 22.9 Å². The van der Waals surface area contributed by atoms with Crippen molar-refractivity contribution in [2.45, 2.75) is 19.8 Å². The Kier molecular flexibility index (Phi) is 7.49. The monoisotopic (exact) mass is 391 g/mol. The van der Waals surface area contributed by atoms with Crippen molar-refractivity contribution in [3.05, 3.63) is 52.5 Å². The quantitative estimate of drug-likeness (QED) is 0.693. The SMILES string of the molecule is COc1ccc(CCC(=O)OCC(=O)Nc2cc(C)c(Cl)cc2OC)cc1. The van der Waals surface area contributed by atoms with Gasteiger partial charge in [0, 0.05) is 17.5 Å². The molecule has 0 fully saturated rings. The Labute approximate surface area is 163 Å². The van der Waals surface area contributed by atoms with Gasteiger partial charge in [-0.3, -0.25) is 9.59 Å². The normalized spacial score (nSPS) is 10.2. The van der Waals surface area contributed by atoms with E-state index in [1.54, 1.807) is 19.2 Å². The van der Waals surface area contributed by atoms with Gasteiger partial charge in [0.05, 0.1) is 19.9 Å². The molecule has 0 spiro atoms. The third-order valence-electron chi connectivity index (χ3n) is 3.90. The molecule has 1 amide bonds. The number of halogens is 1. The first kappa shape index (κ1) is 20.6. The molecule has 2 aromatic carbocycles. The van der Waals surface area contributed by atoms with Crippen LogP contribution in [0.2, 0.25) is 5.02 Å². The van der Waals surface area contributed by atoms with Gasteiger partial charge in [0.1, 0.15) is 11.5 Å². The molecule has 0 aliphatic rings. The largest absolute Gasteiger partial charge is 0.497 e. The van der Waals surface area contributed by atoms with E-state index in [0.717, 1.165) is 16.9 Å². The molecule has 0 aliphatic carbocycles. The van der Waals surface area contributed by atoms with E-state index in [2.05, 4.69) is 5.32 Å².